The molecule has 0 saturated heterocycles. The van der Waals surface area contributed by atoms with Gasteiger partial charge in [-0.2, -0.15) is 0 Å². The number of benzene rings is 1. The maximum Gasteiger partial charge on any atom is 0.230 e. The molecule has 2 rings (SSSR count). The molecule has 0 unspecified atom stereocenters. The number of hydrogen-bond acceptors (Lipinski definition) is 3. The van der Waals surface area contributed by atoms with Crippen LogP contribution in [0, 0.1) is 12.3 Å². The molecule has 0 fully saturated rings. The molecule has 0 aliphatic heterocycles. The Morgan fingerprint density at radius 1 is 1.12 bits per heavy atom. The number of hydrogen-bond donors (Lipinski definition) is 1. The Labute approximate surface area is 149 Å². The maximum atomic E-state index is 12.4. The first-order valence-electron chi connectivity index (χ1n) is 8.36. The smallest absolute Gasteiger partial charge is 0.230 e. The van der Waals surface area contributed by atoms with E-state index in [1.807, 2.05) is 25.1 Å². The van der Waals surface area contributed by atoms with Gasteiger partial charge in [0.25, 0.3) is 0 Å². The van der Waals surface area contributed by atoms with Gasteiger partial charge in [-0.25, -0.2) is 0 Å². The van der Waals surface area contributed by atoms with Crippen LogP contribution in [-0.2, 0) is 4.79 Å². The molecule has 0 radical (unpaired) electrons. The normalized spacial score (nSPS) is 12.4. The first-order chi connectivity index (χ1) is 11.1. The molecule has 0 atom stereocenters. The van der Waals surface area contributed by atoms with E-state index in [0.717, 1.165) is 27.9 Å². The van der Waals surface area contributed by atoms with Gasteiger partial charge in [-0.15, -0.1) is 11.8 Å². The van der Waals surface area contributed by atoms with E-state index in [2.05, 4.69) is 57.1 Å². The Morgan fingerprint density at radius 3 is 2.50 bits per heavy atom. The van der Waals surface area contributed by atoms with Crippen molar-refractivity contribution in [2.75, 3.05) is 5.75 Å². The van der Waals surface area contributed by atoms with Crippen LogP contribution in [0.1, 0.15) is 46.7 Å². The van der Waals surface area contributed by atoms with Crippen molar-refractivity contribution in [1.29, 1.82) is 0 Å². The minimum Gasteiger partial charge on any atom is -0.350 e. The van der Waals surface area contributed by atoms with Crippen LogP contribution in [0.15, 0.2) is 35.2 Å². The van der Waals surface area contributed by atoms with E-state index in [9.17, 15) is 4.79 Å². The third-order valence-electron chi connectivity index (χ3n) is 3.63. The molecule has 0 spiro atoms. The zero-order valence-corrected chi connectivity index (χ0v) is 16.4. The third kappa shape index (κ3) is 5.52. The summed E-state index contributed by atoms with van der Waals surface area (Å²) < 4.78 is 0. The van der Waals surface area contributed by atoms with E-state index in [1.165, 1.54) is 0 Å². The Bertz CT molecular complexity index is 732. The van der Waals surface area contributed by atoms with E-state index >= 15 is 0 Å². The Hall–Kier alpha value is -1.55. The van der Waals surface area contributed by atoms with Crippen LogP contribution >= 0.6 is 11.8 Å². The maximum absolute atomic E-state index is 12.4. The number of nitrogens with one attached hydrogen (secondary N) is 1. The zero-order valence-electron chi connectivity index (χ0n) is 15.6. The highest BCUT2D eigenvalue weighted by Gasteiger charge is 2.26. The molecule has 4 heteroatoms. The van der Waals surface area contributed by atoms with Crippen LogP contribution in [0.25, 0.3) is 10.9 Å². The fraction of sp³-hybridized carbons (Fsp3) is 0.500. The number of pyridine rings is 1. The topological polar surface area (TPSA) is 42.0 Å². The number of fused-ring (bicyclic) bond motifs is 1. The van der Waals surface area contributed by atoms with Crippen molar-refractivity contribution in [3.63, 3.8) is 0 Å². The van der Waals surface area contributed by atoms with E-state index in [-0.39, 0.29) is 16.9 Å². The van der Waals surface area contributed by atoms with Gasteiger partial charge in [0.2, 0.25) is 5.91 Å². The number of para-hydroxylation sites is 1. The molecule has 3 nitrogen and oxygen atoms in total. The molecule has 0 bridgehead atoms. The van der Waals surface area contributed by atoms with E-state index in [1.54, 1.807) is 11.8 Å². The number of aromatic nitrogens is 1. The molecule has 1 aromatic carbocycles. The van der Waals surface area contributed by atoms with Crippen LogP contribution in [0.4, 0.5) is 0 Å². The number of thioether (sulfide) groups is 1. The second-order valence-corrected chi connectivity index (χ2v) is 9.26. The molecule has 130 valence electrons. The van der Waals surface area contributed by atoms with Gasteiger partial charge in [0.1, 0.15) is 0 Å². The van der Waals surface area contributed by atoms with Crippen molar-refractivity contribution in [2.45, 2.75) is 58.4 Å². The molecule has 24 heavy (non-hydrogen) atoms. The van der Waals surface area contributed by atoms with Gasteiger partial charge in [-0.1, -0.05) is 39.0 Å². The number of rotatable bonds is 5. The molecular weight excluding hydrogens is 316 g/mol. The summed E-state index contributed by atoms with van der Waals surface area (Å²) in [4.78, 5) is 18.0. The molecule has 1 heterocycles. The van der Waals surface area contributed by atoms with Crippen LogP contribution < -0.4 is 5.32 Å². The number of amides is 1. The van der Waals surface area contributed by atoms with E-state index in [0.29, 0.717) is 5.75 Å². The third-order valence-corrected chi connectivity index (χ3v) is 4.68. The summed E-state index contributed by atoms with van der Waals surface area (Å²) in [5, 5.41) is 4.27. The number of carbonyl (C=O) groups is 1. The highest BCUT2D eigenvalue weighted by molar-refractivity contribution is 8.00. The lowest BCUT2D eigenvalue weighted by Gasteiger charge is -2.33. The van der Waals surface area contributed by atoms with Gasteiger partial charge in [0.15, 0.2) is 0 Å². The molecule has 2 aromatic rings. The predicted octanol–water partition coefficient (Wildman–Crippen LogP) is 4.97. The first-order valence-corrected chi connectivity index (χ1v) is 9.35. The van der Waals surface area contributed by atoms with Crippen molar-refractivity contribution in [3.05, 3.63) is 36.0 Å². The van der Waals surface area contributed by atoms with E-state index < -0.39 is 0 Å². The summed E-state index contributed by atoms with van der Waals surface area (Å²) in [7, 11) is 0. The van der Waals surface area contributed by atoms with Gasteiger partial charge in [0, 0.05) is 21.5 Å². The second kappa shape index (κ2) is 7.14. The summed E-state index contributed by atoms with van der Waals surface area (Å²) in [5.74, 6) is 0.473. The Balaban J connectivity index is 2.03. The first kappa shape index (κ1) is 18.8. The van der Waals surface area contributed by atoms with Crippen LogP contribution in [0.5, 0.6) is 0 Å². The highest BCUT2D eigenvalue weighted by atomic mass is 32.2. The second-order valence-electron chi connectivity index (χ2n) is 8.24. The highest BCUT2D eigenvalue weighted by Crippen LogP contribution is 2.28. The van der Waals surface area contributed by atoms with Gasteiger partial charge in [-0.05, 0) is 44.7 Å². The fourth-order valence-electron chi connectivity index (χ4n) is 3.26. The molecule has 0 aliphatic rings. The summed E-state index contributed by atoms with van der Waals surface area (Å²) in [5.41, 5.74) is 1.94. The number of carbonyl (C=O) groups excluding carboxylic acids is 1. The Kier molecular flexibility index (Phi) is 5.59. The van der Waals surface area contributed by atoms with E-state index in [4.69, 9.17) is 0 Å². The van der Waals surface area contributed by atoms with Crippen LogP contribution in [0.3, 0.4) is 0 Å². The average molecular weight is 345 g/mol. The lowest BCUT2D eigenvalue weighted by molar-refractivity contribution is -0.120. The van der Waals surface area contributed by atoms with Gasteiger partial charge < -0.3 is 5.32 Å². The number of nitrogens with zero attached hydrogens (tertiary/aromatic N) is 1. The molecule has 0 aliphatic carbocycles. The van der Waals surface area contributed by atoms with Crippen LogP contribution in [0.2, 0.25) is 0 Å². The summed E-state index contributed by atoms with van der Waals surface area (Å²) in [6.45, 7) is 12.7. The summed E-state index contributed by atoms with van der Waals surface area (Å²) >= 11 is 1.55. The van der Waals surface area contributed by atoms with Crippen LogP contribution in [-0.4, -0.2) is 22.2 Å². The summed E-state index contributed by atoms with van der Waals surface area (Å²) in [6, 6.07) is 10.2. The molecule has 1 aromatic heterocycles. The monoisotopic (exact) mass is 344 g/mol. The quantitative estimate of drug-likeness (QED) is 0.779. The van der Waals surface area contributed by atoms with Gasteiger partial charge in [0.05, 0.1) is 11.3 Å². The van der Waals surface area contributed by atoms with Gasteiger partial charge >= 0.3 is 0 Å². The van der Waals surface area contributed by atoms with Crippen molar-refractivity contribution in [1.82, 2.24) is 10.3 Å². The minimum atomic E-state index is -0.205. The van der Waals surface area contributed by atoms with Crippen molar-refractivity contribution < 1.29 is 4.79 Å². The number of aryl methyl sites for hydroxylation is 1. The van der Waals surface area contributed by atoms with Crippen molar-refractivity contribution >= 4 is 28.6 Å². The van der Waals surface area contributed by atoms with Crippen molar-refractivity contribution in [2.24, 2.45) is 5.41 Å². The SMILES string of the molecule is Cc1ccc2cccc(SCC(=O)NC(C)(C)CC(C)(C)C)c2n1. The fourth-order valence-corrected chi connectivity index (χ4v) is 4.09. The summed E-state index contributed by atoms with van der Waals surface area (Å²) in [6.07, 6.45) is 0.936. The lowest BCUT2D eigenvalue weighted by Crippen LogP contribution is -2.46. The van der Waals surface area contributed by atoms with Crippen molar-refractivity contribution in [3.8, 4) is 0 Å². The largest absolute Gasteiger partial charge is 0.350 e. The lowest BCUT2D eigenvalue weighted by atomic mass is 9.82. The predicted molar refractivity (Wildman–Crippen MR) is 103 cm³/mol. The minimum absolute atomic E-state index is 0.0684. The standard InChI is InChI=1S/C20H28N2OS/c1-14-10-11-15-8-7-9-16(18(15)21-14)24-12-17(23)22-20(5,6)13-19(2,3)4/h7-11H,12-13H2,1-6H3,(H,22,23). The van der Waals surface area contributed by atoms with Gasteiger partial charge in [-0.3, -0.25) is 9.78 Å². The Morgan fingerprint density at radius 2 is 1.83 bits per heavy atom. The zero-order chi connectivity index (χ0) is 18.0. The molecule has 1 amide bonds. The molecule has 0 saturated carbocycles. The average Bonchev–Trinajstić information content (AvgIpc) is 2.41. The molecule has 1 N–H and O–H groups in total. The molecular formula is C20H28N2OS.